The summed E-state index contributed by atoms with van der Waals surface area (Å²) >= 11 is 3.45. The molecule has 0 bridgehead atoms. The molecule has 2 aromatic carbocycles. The Bertz CT molecular complexity index is 1200. The van der Waals surface area contributed by atoms with Gasteiger partial charge in [0.15, 0.2) is 11.5 Å². The molecule has 0 unspecified atom stereocenters. The van der Waals surface area contributed by atoms with E-state index in [0.29, 0.717) is 12.2 Å². The second kappa shape index (κ2) is 7.16. The van der Waals surface area contributed by atoms with Crippen molar-refractivity contribution >= 4 is 38.3 Å². The summed E-state index contributed by atoms with van der Waals surface area (Å²) in [6.07, 6.45) is 1.35. The van der Waals surface area contributed by atoms with Crippen LogP contribution in [0.2, 0.25) is 0 Å². The van der Waals surface area contributed by atoms with Gasteiger partial charge in [0, 0.05) is 22.1 Å². The van der Waals surface area contributed by atoms with Crippen LogP contribution in [0.1, 0.15) is 5.56 Å². The standard InChI is InChI=1S/C19H14BrN5O2/c20-13-6-7-15-14(10-13)17(24-23-16-8-9-21-19(27)22-16)18(26)25(15)11-12-4-2-1-3-5-12/h1-10,26H,11H2,(H,21,22,27). The van der Waals surface area contributed by atoms with E-state index in [0.717, 1.165) is 20.9 Å². The van der Waals surface area contributed by atoms with Crippen LogP contribution in [0.15, 0.2) is 80.3 Å². The summed E-state index contributed by atoms with van der Waals surface area (Å²) in [6.45, 7) is 0.492. The summed E-state index contributed by atoms with van der Waals surface area (Å²) in [5.74, 6) is 0.264. The summed E-state index contributed by atoms with van der Waals surface area (Å²) in [4.78, 5) is 17.3. The second-order valence-corrected chi connectivity index (χ2v) is 6.78. The van der Waals surface area contributed by atoms with Gasteiger partial charge < -0.3 is 9.67 Å². The molecule has 0 aliphatic heterocycles. The number of aromatic amines is 1. The van der Waals surface area contributed by atoms with Crippen molar-refractivity contribution in [2.75, 3.05) is 0 Å². The van der Waals surface area contributed by atoms with Crippen molar-refractivity contribution in [1.82, 2.24) is 14.5 Å². The maximum absolute atomic E-state index is 11.3. The molecule has 0 saturated heterocycles. The highest BCUT2D eigenvalue weighted by atomic mass is 79.9. The maximum atomic E-state index is 11.3. The van der Waals surface area contributed by atoms with E-state index < -0.39 is 5.69 Å². The normalized spacial score (nSPS) is 11.4. The zero-order valence-electron chi connectivity index (χ0n) is 14.0. The van der Waals surface area contributed by atoms with Crippen LogP contribution in [0.5, 0.6) is 5.88 Å². The van der Waals surface area contributed by atoms with Gasteiger partial charge in [-0.25, -0.2) is 9.78 Å². The summed E-state index contributed by atoms with van der Waals surface area (Å²) in [5.41, 5.74) is 1.70. The SMILES string of the molecule is O=c1nccc(N=Nc2c(O)n(Cc3ccccc3)c3ccc(Br)cc23)[nH]1. The fourth-order valence-electron chi connectivity index (χ4n) is 2.84. The third-order valence-electron chi connectivity index (χ3n) is 4.07. The predicted octanol–water partition coefficient (Wildman–Crippen LogP) is 4.66. The number of aromatic hydroxyl groups is 1. The highest BCUT2D eigenvalue weighted by Crippen LogP contribution is 2.40. The molecule has 7 nitrogen and oxygen atoms in total. The first-order valence-electron chi connectivity index (χ1n) is 8.13. The lowest BCUT2D eigenvalue weighted by Crippen LogP contribution is -2.06. The van der Waals surface area contributed by atoms with Crippen molar-refractivity contribution in [3.63, 3.8) is 0 Å². The second-order valence-electron chi connectivity index (χ2n) is 5.87. The number of nitrogens with zero attached hydrogens (tertiary/aromatic N) is 4. The van der Waals surface area contributed by atoms with Gasteiger partial charge in [0.2, 0.25) is 5.88 Å². The molecule has 2 aromatic heterocycles. The Hall–Kier alpha value is -3.26. The van der Waals surface area contributed by atoms with Crippen LogP contribution in [0.25, 0.3) is 10.9 Å². The quantitative estimate of drug-likeness (QED) is 0.467. The Morgan fingerprint density at radius 2 is 1.93 bits per heavy atom. The van der Waals surface area contributed by atoms with Crippen LogP contribution in [0, 0.1) is 0 Å². The molecule has 8 heteroatoms. The molecule has 0 radical (unpaired) electrons. The van der Waals surface area contributed by atoms with E-state index in [1.807, 2.05) is 48.5 Å². The number of azo groups is 1. The molecule has 0 fully saturated rings. The molecule has 27 heavy (non-hydrogen) atoms. The minimum Gasteiger partial charge on any atom is -0.493 e. The lowest BCUT2D eigenvalue weighted by Gasteiger charge is -2.07. The van der Waals surface area contributed by atoms with Gasteiger partial charge in [-0.2, -0.15) is 0 Å². The van der Waals surface area contributed by atoms with Gasteiger partial charge >= 0.3 is 5.69 Å². The predicted molar refractivity (Wildman–Crippen MR) is 106 cm³/mol. The van der Waals surface area contributed by atoms with E-state index in [4.69, 9.17) is 0 Å². The minimum atomic E-state index is -0.509. The van der Waals surface area contributed by atoms with E-state index in [9.17, 15) is 9.90 Å². The number of hydrogen-bond donors (Lipinski definition) is 2. The molecule has 134 valence electrons. The average Bonchev–Trinajstić information content (AvgIpc) is 2.92. The highest BCUT2D eigenvalue weighted by molar-refractivity contribution is 9.10. The number of nitrogens with one attached hydrogen (secondary N) is 1. The number of aromatic nitrogens is 3. The Morgan fingerprint density at radius 1 is 1.11 bits per heavy atom. The van der Waals surface area contributed by atoms with Gasteiger partial charge in [-0.3, -0.25) is 4.98 Å². The Morgan fingerprint density at radius 3 is 2.70 bits per heavy atom. The fourth-order valence-corrected chi connectivity index (χ4v) is 3.20. The first-order chi connectivity index (χ1) is 13.1. The molecule has 0 saturated carbocycles. The van der Waals surface area contributed by atoms with Crippen LogP contribution in [-0.2, 0) is 6.54 Å². The van der Waals surface area contributed by atoms with E-state index in [1.54, 1.807) is 4.57 Å². The van der Waals surface area contributed by atoms with Crippen LogP contribution in [0.3, 0.4) is 0 Å². The van der Waals surface area contributed by atoms with Crippen LogP contribution >= 0.6 is 15.9 Å². The Balaban J connectivity index is 1.83. The van der Waals surface area contributed by atoms with E-state index in [-0.39, 0.29) is 11.7 Å². The smallest absolute Gasteiger partial charge is 0.346 e. The number of rotatable bonds is 4. The van der Waals surface area contributed by atoms with Crippen molar-refractivity contribution in [1.29, 1.82) is 0 Å². The minimum absolute atomic E-state index is 0.00658. The molecule has 4 aromatic rings. The molecule has 0 aliphatic rings. The average molecular weight is 424 g/mol. The zero-order valence-corrected chi connectivity index (χ0v) is 15.6. The molecule has 0 spiro atoms. The van der Waals surface area contributed by atoms with Crippen molar-refractivity contribution in [3.05, 3.63) is 81.3 Å². The molecule has 4 rings (SSSR count). The van der Waals surface area contributed by atoms with Crippen LogP contribution < -0.4 is 5.69 Å². The van der Waals surface area contributed by atoms with Crippen LogP contribution in [-0.4, -0.2) is 19.6 Å². The number of fused-ring (bicyclic) bond motifs is 1. The molecule has 2 heterocycles. The van der Waals surface area contributed by atoms with Crippen molar-refractivity contribution in [3.8, 4) is 5.88 Å². The summed E-state index contributed by atoms with van der Waals surface area (Å²) in [6, 6.07) is 17.1. The first kappa shape index (κ1) is 17.2. The summed E-state index contributed by atoms with van der Waals surface area (Å²) < 4.78 is 2.64. The van der Waals surface area contributed by atoms with Crippen molar-refractivity contribution in [2.45, 2.75) is 6.54 Å². The van der Waals surface area contributed by atoms with E-state index in [1.165, 1.54) is 12.3 Å². The van der Waals surface area contributed by atoms with Gasteiger partial charge in [0.25, 0.3) is 0 Å². The number of hydrogen-bond acceptors (Lipinski definition) is 5. The molecular formula is C19H14BrN5O2. The highest BCUT2D eigenvalue weighted by Gasteiger charge is 2.17. The summed E-state index contributed by atoms with van der Waals surface area (Å²) in [5, 5.41) is 19.8. The van der Waals surface area contributed by atoms with Gasteiger partial charge in [0.05, 0.1) is 12.1 Å². The van der Waals surface area contributed by atoms with E-state index in [2.05, 4.69) is 36.1 Å². The van der Waals surface area contributed by atoms with Gasteiger partial charge in [0.1, 0.15) is 0 Å². The van der Waals surface area contributed by atoms with Gasteiger partial charge in [-0.05, 0) is 23.8 Å². The Labute approximate surface area is 162 Å². The van der Waals surface area contributed by atoms with Crippen LogP contribution in [0.4, 0.5) is 11.5 Å². The number of H-pyrrole nitrogens is 1. The van der Waals surface area contributed by atoms with E-state index >= 15 is 0 Å². The topological polar surface area (TPSA) is 95.6 Å². The summed E-state index contributed by atoms with van der Waals surface area (Å²) in [7, 11) is 0. The monoisotopic (exact) mass is 423 g/mol. The van der Waals surface area contributed by atoms with Gasteiger partial charge in [-0.1, -0.05) is 46.3 Å². The number of halogens is 1. The van der Waals surface area contributed by atoms with Crippen molar-refractivity contribution in [2.24, 2.45) is 10.2 Å². The van der Waals surface area contributed by atoms with Crippen molar-refractivity contribution < 1.29 is 5.11 Å². The Kier molecular flexibility index (Phi) is 4.55. The maximum Gasteiger partial charge on any atom is 0.346 e. The van der Waals surface area contributed by atoms with Gasteiger partial charge in [-0.15, -0.1) is 10.2 Å². The lowest BCUT2D eigenvalue weighted by atomic mass is 10.2. The number of benzene rings is 2. The molecule has 0 atom stereocenters. The molecular weight excluding hydrogens is 410 g/mol. The first-order valence-corrected chi connectivity index (χ1v) is 8.93. The molecule has 2 N–H and O–H groups in total. The molecule has 0 amide bonds. The third-order valence-corrected chi connectivity index (χ3v) is 4.57. The fraction of sp³-hybridized carbons (Fsp3) is 0.0526. The zero-order chi connectivity index (χ0) is 18.8. The third kappa shape index (κ3) is 3.52. The lowest BCUT2D eigenvalue weighted by molar-refractivity contribution is 0.429. The largest absolute Gasteiger partial charge is 0.493 e. The molecule has 0 aliphatic carbocycles.